The summed E-state index contributed by atoms with van der Waals surface area (Å²) in [6.45, 7) is 7.45. The quantitative estimate of drug-likeness (QED) is 0.714. The molecule has 0 aliphatic carbocycles. The van der Waals surface area contributed by atoms with Gasteiger partial charge < -0.3 is 4.90 Å². The minimum atomic E-state index is 0.856. The van der Waals surface area contributed by atoms with E-state index in [1.807, 2.05) is 0 Å². The zero-order chi connectivity index (χ0) is 17.1. The number of aromatic nitrogens is 4. The van der Waals surface area contributed by atoms with Gasteiger partial charge in [-0.15, -0.1) is 10.2 Å². The molecule has 0 N–H and O–H groups in total. The molecule has 130 valence electrons. The minimum Gasteiger partial charge on any atom is -0.366 e. The molecule has 1 aliphatic heterocycles. The van der Waals surface area contributed by atoms with Crippen molar-refractivity contribution in [3.63, 3.8) is 0 Å². The van der Waals surface area contributed by atoms with Crippen LogP contribution in [-0.2, 0) is 12.8 Å². The fraction of sp³-hybridized carbons (Fsp3) is 0.421. The van der Waals surface area contributed by atoms with E-state index in [2.05, 4.69) is 68.4 Å². The fourth-order valence-electron chi connectivity index (χ4n) is 3.41. The van der Waals surface area contributed by atoms with Gasteiger partial charge >= 0.3 is 0 Å². The molecule has 0 bridgehead atoms. The number of piperazine rings is 1. The largest absolute Gasteiger partial charge is 0.366 e. The molecule has 6 nitrogen and oxygen atoms in total. The Morgan fingerprint density at radius 3 is 2.60 bits per heavy atom. The molecule has 2 aromatic heterocycles. The van der Waals surface area contributed by atoms with Crippen molar-refractivity contribution in [2.75, 3.05) is 37.6 Å². The van der Waals surface area contributed by atoms with Gasteiger partial charge in [0.25, 0.3) is 0 Å². The van der Waals surface area contributed by atoms with Gasteiger partial charge in [-0.25, -0.2) is 0 Å². The average molecular weight is 336 g/mol. The molecule has 6 heteroatoms. The first kappa shape index (κ1) is 16.0. The molecule has 0 saturated carbocycles. The number of hydrogen-bond donors (Lipinski definition) is 0. The van der Waals surface area contributed by atoms with Gasteiger partial charge in [0.2, 0.25) is 5.65 Å². The summed E-state index contributed by atoms with van der Waals surface area (Å²) in [6, 6.07) is 12.9. The smallest absolute Gasteiger partial charge is 0.200 e. The maximum absolute atomic E-state index is 4.54. The van der Waals surface area contributed by atoms with Crippen molar-refractivity contribution >= 4 is 11.3 Å². The van der Waals surface area contributed by atoms with Gasteiger partial charge in [-0.1, -0.05) is 37.3 Å². The van der Waals surface area contributed by atoms with E-state index in [-0.39, 0.29) is 0 Å². The van der Waals surface area contributed by atoms with Crippen LogP contribution in [0.15, 0.2) is 42.7 Å². The third-order valence-corrected chi connectivity index (χ3v) is 4.93. The summed E-state index contributed by atoms with van der Waals surface area (Å²) < 4.78 is 1.80. The molecule has 25 heavy (non-hydrogen) atoms. The molecule has 0 radical (unpaired) electrons. The van der Waals surface area contributed by atoms with Crippen LogP contribution in [-0.4, -0.2) is 57.4 Å². The normalized spacial score (nSPS) is 15.8. The lowest BCUT2D eigenvalue weighted by atomic mass is 10.1. The van der Waals surface area contributed by atoms with E-state index in [1.165, 1.54) is 5.56 Å². The molecule has 1 fully saturated rings. The Hall–Kier alpha value is -2.47. The van der Waals surface area contributed by atoms with Crippen molar-refractivity contribution in [2.24, 2.45) is 0 Å². The highest BCUT2D eigenvalue weighted by Crippen LogP contribution is 2.22. The highest BCUT2D eigenvalue weighted by molar-refractivity contribution is 5.68. The third-order valence-electron chi connectivity index (χ3n) is 4.93. The molecule has 3 heterocycles. The molecular formula is C19H24N6. The first-order valence-corrected chi connectivity index (χ1v) is 9.04. The number of benzene rings is 1. The van der Waals surface area contributed by atoms with Crippen molar-refractivity contribution in [1.29, 1.82) is 0 Å². The molecule has 3 aromatic rings. The first-order valence-electron chi connectivity index (χ1n) is 9.04. The zero-order valence-electron chi connectivity index (χ0n) is 14.7. The van der Waals surface area contributed by atoms with Gasteiger partial charge in [-0.2, -0.15) is 9.61 Å². The Kier molecular flexibility index (Phi) is 4.61. The Labute approximate surface area is 148 Å². The summed E-state index contributed by atoms with van der Waals surface area (Å²) in [5, 5.41) is 12.8. The van der Waals surface area contributed by atoms with Crippen LogP contribution >= 0.6 is 0 Å². The summed E-state index contributed by atoms with van der Waals surface area (Å²) in [6.07, 6.45) is 3.72. The molecule has 4 rings (SSSR count). The average Bonchev–Trinajstić information content (AvgIpc) is 3.15. The number of rotatable bonds is 5. The van der Waals surface area contributed by atoms with Crippen LogP contribution < -0.4 is 4.90 Å². The molecule has 0 unspecified atom stereocenters. The van der Waals surface area contributed by atoms with E-state index >= 15 is 0 Å². The van der Waals surface area contributed by atoms with Gasteiger partial charge in [0.05, 0.1) is 11.4 Å². The molecule has 0 atom stereocenters. The lowest BCUT2D eigenvalue weighted by molar-refractivity contribution is 0.261. The molecule has 0 amide bonds. The van der Waals surface area contributed by atoms with Gasteiger partial charge in [-0.05, 0) is 24.5 Å². The second-order valence-corrected chi connectivity index (χ2v) is 6.54. The van der Waals surface area contributed by atoms with Crippen molar-refractivity contribution in [3.8, 4) is 0 Å². The molecule has 0 spiro atoms. The van der Waals surface area contributed by atoms with Crippen molar-refractivity contribution < 1.29 is 0 Å². The van der Waals surface area contributed by atoms with Gasteiger partial charge in [0.15, 0.2) is 0 Å². The Morgan fingerprint density at radius 2 is 1.84 bits per heavy atom. The van der Waals surface area contributed by atoms with E-state index in [0.717, 1.165) is 62.6 Å². The fourth-order valence-corrected chi connectivity index (χ4v) is 3.41. The second kappa shape index (κ2) is 7.19. The monoisotopic (exact) mass is 336 g/mol. The maximum Gasteiger partial charge on any atom is 0.200 e. The summed E-state index contributed by atoms with van der Waals surface area (Å²) in [7, 11) is 0. The zero-order valence-corrected chi connectivity index (χ0v) is 14.7. The van der Waals surface area contributed by atoms with Crippen molar-refractivity contribution in [1.82, 2.24) is 24.7 Å². The van der Waals surface area contributed by atoms with Crippen LogP contribution in [0.3, 0.4) is 0 Å². The SMILES string of the molecule is CCc1cc(N2CCN(CCc3ccccc3)CC2)c2nncn2n1. The van der Waals surface area contributed by atoms with Crippen molar-refractivity contribution in [3.05, 3.63) is 54.0 Å². The predicted octanol–water partition coefficient (Wildman–Crippen LogP) is 2.05. The summed E-state index contributed by atoms with van der Waals surface area (Å²) >= 11 is 0. The Bertz CT molecular complexity index is 820. The van der Waals surface area contributed by atoms with E-state index in [9.17, 15) is 0 Å². The maximum atomic E-state index is 4.54. The predicted molar refractivity (Wildman–Crippen MR) is 99.0 cm³/mol. The number of nitrogens with zero attached hydrogens (tertiary/aromatic N) is 6. The number of aryl methyl sites for hydroxylation is 1. The molecular weight excluding hydrogens is 312 g/mol. The van der Waals surface area contributed by atoms with Gasteiger partial charge in [-0.3, -0.25) is 4.90 Å². The van der Waals surface area contributed by atoms with E-state index in [1.54, 1.807) is 10.8 Å². The van der Waals surface area contributed by atoms with E-state index in [0.29, 0.717) is 0 Å². The summed E-state index contributed by atoms with van der Waals surface area (Å²) in [4.78, 5) is 4.97. The minimum absolute atomic E-state index is 0.856. The molecule has 1 saturated heterocycles. The van der Waals surface area contributed by atoms with Gasteiger partial charge in [0, 0.05) is 32.7 Å². The summed E-state index contributed by atoms with van der Waals surface area (Å²) in [5.41, 5.74) is 4.51. The lowest BCUT2D eigenvalue weighted by Gasteiger charge is -2.36. The van der Waals surface area contributed by atoms with Crippen molar-refractivity contribution in [2.45, 2.75) is 19.8 Å². The van der Waals surface area contributed by atoms with Crippen LogP contribution in [0, 0.1) is 0 Å². The highest BCUT2D eigenvalue weighted by atomic mass is 15.4. The summed E-state index contributed by atoms with van der Waals surface area (Å²) in [5.74, 6) is 0. The Balaban J connectivity index is 1.41. The molecule has 1 aliphatic rings. The van der Waals surface area contributed by atoms with Crippen LogP contribution in [0.5, 0.6) is 0 Å². The second-order valence-electron chi connectivity index (χ2n) is 6.54. The highest BCUT2D eigenvalue weighted by Gasteiger charge is 2.20. The Morgan fingerprint density at radius 1 is 1.04 bits per heavy atom. The van der Waals surface area contributed by atoms with Crippen LogP contribution in [0.25, 0.3) is 5.65 Å². The van der Waals surface area contributed by atoms with E-state index in [4.69, 9.17) is 0 Å². The van der Waals surface area contributed by atoms with E-state index < -0.39 is 0 Å². The number of hydrogen-bond acceptors (Lipinski definition) is 5. The number of fused-ring (bicyclic) bond motifs is 1. The standard InChI is InChI=1S/C19H24N6/c1-2-17-14-18(19-21-20-15-25(19)22-17)24-12-10-23(11-13-24)9-8-16-6-4-3-5-7-16/h3-7,14-15H,2,8-13H2,1H3. The van der Waals surface area contributed by atoms with Crippen LogP contribution in [0.4, 0.5) is 5.69 Å². The first-order chi connectivity index (χ1) is 12.3. The lowest BCUT2D eigenvalue weighted by Crippen LogP contribution is -2.47. The molecule has 1 aromatic carbocycles. The van der Waals surface area contributed by atoms with Gasteiger partial charge in [0.1, 0.15) is 6.33 Å². The topological polar surface area (TPSA) is 49.6 Å². The number of anilines is 1. The van der Waals surface area contributed by atoms with Crippen LogP contribution in [0.1, 0.15) is 18.2 Å². The third kappa shape index (κ3) is 3.49. The van der Waals surface area contributed by atoms with Crippen LogP contribution in [0.2, 0.25) is 0 Å².